The summed E-state index contributed by atoms with van der Waals surface area (Å²) in [5.74, 6) is -2.13. The van der Waals surface area contributed by atoms with E-state index in [0.29, 0.717) is 35.4 Å². The molecule has 2 aliphatic heterocycles. The lowest BCUT2D eigenvalue weighted by Crippen LogP contribution is -2.54. The molecule has 0 radical (unpaired) electrons. The molecule has 4 heterocycles. The number of thioether (sulfide) groups is 1. The lowest BCUT2D eigenvalue weighted by atomic mass is 10.0. The van der Waals surface area contributed by atoms with Gasteiger partial charge < -0.3 is 75.9 Å². The number of aromatic amines is 2. The van der Waals surface area contributed by atoms with Crippen molar-refractivity contribution >= 4 is 52.5 Å². The van der Waals surface area contributed by atoms with Crippen molar-refractivity contribution < 1.29 is 68.4 Å². The van der Waals surface area contributed by atoms with Crippen molar-refractivity contribution in [3.8, 4) is 0 Å². The van der Waals surface area contributed by atoms with Gasteiger partial charge >= 0.3 is 11.9 Å². The Kier molecular flexibility index (Phi) is 19.7. The first-order valence-electron chi connectivity index (χ1n) is 21.8. The molecule has 0 saturated carbocycles. The third-order valence-corrected chi connectivity index (χ3v) is 11.9. The van der Waals surface area contributed by atoms with Gasteiger partial charge in [0.2, 0.25) is 11.9 Å². The molecule has 9 atom stereocenters. The van der Waals surface area contributed by atoms with Gasteiger partial charge in [-0.2, -0.15) is 16.7 Å². The molecule has 2 aromatic heterocycles. The van der Waals surface area contributed by atoms with Gasteiger partial charge in [0.05, 0.1) is 62.3 Å². The lowest BCUT2D eigenvalue weighted by molar-refractivity contribution is -0.299. The van der Waals surface area contributed by atoms with E-state index in [0.717, 1.165) is 11.1 Å². The number of hydrogen-bond acceptors (Lipinski definition) is 18. The van der Waals surface area contributed by atoms with Crippen molar-refractivity contribution in [2.45, 2.75) is 120 Å². The number of benzene rings is 1. The number of anilines is 1. The van der Waals surface area contributed by atoms with Crippen LogP contribution in [0.2, 0.25) is 0 Å². The second-order valence-corrected chi connectivity index (χ2v) is 18.3. The average Bonchev–Trinajstić information content (AvgIpc) is 3.67. The monoisotopic (exact) mass is 949 g/mol. The number of H-pyrrole nitrogens is 2. The zero-order valence-electron chi connectivity index (χ0n) is 37.2. The van der Waals surface area contributed by atoms with Crippen molar-refractivity contribution in [1.29, 1.82) is 0 Å². The van der Waals surface area contributed by atoms with Gasteiger partial charge in [-0.15, -0.1) is 0 Å². The fraction of sp³-hybridized carbons (Fsp3) is 0.628. The zero-order chi connectivity index (χ0) is 48.0. The number of aliphatic hydroxyl groups is 4. The van der Waals surface area contributed by atoms with E-state index < -0.39 is 85.0 Å². The number of carbonyl (C=O) groups is 4. The number of ether oxygens (including phenoxy) is 5. The number of nitrogens with one attached hydrogen (secondary N) is 5. The van der Waals surface area contributed by atoms with Crippen LogP contribution in [0.3, 0.4) is 0 Å². The fourth-order valence-electron chi connectivity index (χ4n) is 7.40. The van der Waals surface area contributed by atoms with E-state index >= 15 is 0 Å². The number of aliphatic carboxylic acids is 1. The average molecular weight is 950 g/mol. The standard InChI is InChI=1S/C43H63N7O15S/c1-43(2,3)50-28(21-66-22-33-31(16-26(52)20-63-33)64-41-30(54)17-29(53)32(19-51)65-41)38(57)45-12-13-61-14-15-62-34(55)11-10-27(40(59)60)47-37(56)24-7-4-23(5-8-24)6-9-25-18-46-36-35(25)39(58)49-42(44)48-36/h4-5,7-8,18,26-33,41,50-54H,6,9-17,19-22H2,1-3H3,(H,45,57)(H,47,56)(H,59,60)(H4,44,46,48,49,58). The second kappa shape index (κ2) is 24.9. The number of amides is 2. The number of nitrogen functional groups attached to an aromatic ring is 1. The molecule has 2 aliphatic rings. The summed E-state index contributed by atoms with van der Waals surface area (Å²) in [5.41, 5.74) is 7.12. The highest BCUT2D eigenvalue weighted by molar-refractivity contribution is 7.99. The molecule has 23 heteroatoms. The minimum atomic E-state index is -1.35. The van der Waals surface area contributed by atoms with Crippen LogP contribution in [0, 0.1) is 0 Å². The number of carboxylic acids is 1. The minimum Gasteiger partial charge on any atom is -0.480 e. The van der Waals surface area contributed by atoms with Crippen molar-refractivity contribution in [1.82, 2.24) is 30.9 Å². The summed E-state index contributed by atoms with van der Waals surface area (Å²) < 4.78 is 28.1. The minimum absolute atomic E-state index is 0.0136. The number of rotatable bonds is 24. The number of aliphatic hydroxyl groups excluding tert-OH is 4. The van der Waals surface area contributed by atoms with Gasteiger partial charge in [-0.1, -0.05) is 12.1 Å². The third kappa shape index (κ3) is 16.0. The Morgan fingerprint density at radius 1 is 1.02 bits per heavy atom. The topological polar surface area (TPSA) is 339 Å². The summed E-state index contributed by atoms with van der Waals surface area (Å²) in [4.78, 5) is 72.3. The Balaban J connectivity index is 0.966. The number of esters is 1. The molecule has 2 saturated heterocycles. The van der Waals surface area contributed by atoms with Crippen LogP contribution in [0.25, 0.3) is 11.0 Å². The number of aryl methyl sites for hydroxylation is 2. The van der Waals surface area contributed by atoms with E-state index in [9.17, 15) is 49.5 Å². The van der Waals surface area contributed by atoms with Crippen LogP contribution in [0.5, 0.6) is 0 Å². The maximum atomic E-state index is 13.3. The van der Waals surface area contributed by atoms with Gasteiger partial charge in [-0.25, -0.2) is 4.79 Å². The van der Waals surface area contributed by atoms with Crippen LogP contribution >= 0.6 is 11.8 Å². The number of carboxylic acid groups (broad SMARTS) is 1. The van der Waals surface area contributed by atoms with E-state index in [4.69, 9.17) is 29.4 Å². The molecular formula is C43H63N7O15S. The van der Waals surface area contributed by atoms with Crippen molar-refractivity contribution in [3.05, 3.63) is 57.5 Å². The lowest BCUT2D eigenvalue weighted by Gasteiger charge is -2.41. The zero-order valence-corrected chi connectivity index (χ0v) is 38.1. The van der Waals surface area contributed by atoms with Crippen molar-refractivity contribution in [3.63, 3.8) is 0 Å². The predicted octanol–water partition coefficient (Wildman–Crippen LogP) is -0.888. The Bertz CT molecular complexity index is 2120. The Morgan fingerprint density at radius 3 is 2.48 bits per heavy atom. The van der Waals surface area contributed by atoms with Crippen LogP contribution in [-0.4, -0.2) is 176 Å². The molecule has 0 spiro atoms. The summed E-state index contributed by atoms with van der Waals surface area (Å²) in [6.07, 6.45) is -3.75. The molecule has 3 aromatic rings. The first-order chi connectivity index (χ1) is 31.4. The first kappa shape index (κ1) is 52.3. The smallest absolute Gasteiger partial charge is 0.326 e. The molecule has 0 aliphatic carbocycles. The molecule has 2 amide bonds. The molecule has 2 fully saturated rings. The molecule has 0 bridgehead atoms. The van der Waals surface area contributed by atoms with Crippen LogP contribution in [0.1, 0.15) is 67.9 Å². The molecule has 5 rings (SSSR count). The van der Waals surface area contributed by atoms with Gasteiger partial charge in [0.15, 0.2) is 6.29 Å². The maximum absolute atomic E-state index is 13.3. The normalized spacial score (nSPS) is 23.2. The van der Waals surface area contributed by atoms with E-state index in [1.165, 1.54) is 11.8 Å². The molecule has 9 unspecified atom stereocenters. The van der Waals surface area contributed by atoms with Gasteiger partial charge in [0, 0.05) is 54.6 Å². The van der Waals surface area contributed by atoms with Crippen LogP contribution in [0.15, 0.2) is 35.3 Å². The number of nitrogens with zero attached hydrogens (tertiary/aromatic N) is 1. The quantitative estimate of drug-likeness (QED) is 0.0383. The molecule has 1 aromatic carbocycles. The van der Waals surface area contributed by atoms with Gasteiger partial charge in [0.25, 0.3) is 11.5 Å². The van der Waals surface area contributed by atoms with E-state index in [1.807, 2.05) is 20.8 Å². The van der Waals surface area contributed by atoms with Crippen LogP contribution in [-0.2, 0) is 50.9 Å². The van der Waals surface area contributed by atoms with Crippen LogP contribution < -0.4 is 27.2 Å². The first-order valence-corrected chi connectivity index (χ1v) is 23.0. The van der Waals surface area contributed by atoms with Crippen LogP contribution in [0.4, 0.5) is 5.95 Å². The number of aromatic nitrogens is 3. The molecule has 366 valence electrons. The van der Waals surface area contributed by atoms with Gasteiger partial charge in [0.1, 0.15) is 30.5 Å². The highest BCUT2D eigenvalue weighted by atomic mass is 32.2. The number of nitrogens with two attached hydrogens (primary N) is 1. The number of hydrogen-bond donors (Lipinski definition) is 11. The van der Waals surface area contributed by atoms with Crippen molar-refractivity contribution in [2.24, 2.45) is 0 Å². The fourth-order valence-corrected chi connectivity index (χ4v) is 8.55. The summed E-state index contributed by atoms with van der Waals surface area (Å²) in [6, 6.07) is 4.64. The van der Waals surface area contributed by atoms with Gasteiger partial charge in [-0.05, 0) is 63.3 Å². The summed E-state index contributed by atoms with van der Waals surface area (Å²) >= 11 is 1.44. The largest absolute Gasteiger partial charge is 0.480 e. The molecular weight excluding hydrogens is 887 g/mol. The number of fused-ring (bicyclic) bond motifs is 1. The van der Waals surface area contributed by atoms with Crippen molar-refractivity contribution in [2.75, 3.05) is 56.8 Å². The predicted molar refractivity (Wildman–Crippen MR) is 240 cm³/mol. The second-order valence-electron chi connectivity index (χ2n) is 17.2. The highest BCUT2D eigenvalue weighted by Gasteiger charge is 2.41. The SMILES string of the molecule is CC(C)(C)NC(CSCC1OCC(O)CC1OC1OC(CO)C(O)CC1O)C(=O)NCCOCCOC(=O)CCC(NC(=O)c1ccc(CCc2c[nH]c3nc(N)[nH]c(=O)c23)cc1)C(=O)O. The molecule has 12 N–H and O–H groups in total. The summed E-state index contributed by atoms with van der Waals surface area (Å²) in [5, 5.41) is 59.0. The Labute approximate surface area is 385 Å². The Hall–Kier alpha value is -4.69. The maximum Gasteiger partial charge on any atom is 0.326 e. The highest BCUT2D eigenvalue weighted by Crippen LogP contribution is 2.28. The summed E-state index contributed by atoms with van der Waals surface area (Å²) in [6.45, 7) is 5.61. The molecule has 66 heavy (non-hydrogen) atoms. The third-order valence-electron chi connectivity index (χ3n) is 10.8. The summed E-state index contributed by atoms with van der Waals surface area (Å²) in [7, 11) is 0. The Morgan fingerprint density at radius 2 is 1.77 bits per heavy atom. The van der Waals surface area contributed by atoms with E-state index in [2.05, 4.69) is 30.9 Å². The number of carbonyl (C=O) groups excluding carboxylic acids is 3. The molecule has 22 nitrogen and oxygen atoms in total. The van der Waals surface area contributed by atoms with Gasteiger partial charge in [-0.3, -0.25) is 24.2 Å². The van der Waals surface area contributed by atoms with E-state index in [-0.39, 0.29) is 81.6 Å². The van der Waals surface area contributed by atoms with E-state index in [1.54, 1.807) is 30.5 Å².